The maximum absolute atomic E-state index is 5.67. The summed E-state index contributed by atoms with van der Waals surface area (Å²) in [5, 5.41) is 5.53. The highest BCUT2D eigenvalue weighted by molar-refractivity contribution is 6.10. The van der Waals surface area contributed by atoms with Gasteiger partial charge in [0.25, 0.3) is 6.34 Å². The Morgan fingerprint density at radius 2 is 1.34 bits per heavy atom. The number of aliphatic imine (C=N–C) groups is 1. The van der Waals surface area contributed by atoms with Crippen LogP contribution in [-0.2, 0) is 22.8 Å². The predicted molar refractivity (Wildman–Crippen MR) is 225 cm³/mol. The van der Waals surface area contributed by atoms with Gasteiger partial charge in [-0.1, -0.05) is 109 Å². The first-order valence-electron chi connectivity index (χ1n) is 20.3. The van der Waals surface area contributed by atoms with Gasteiger partial charge in [0.1, 0.15) is 5.71 Å². The van der Waals surface area contributed by atoms with Gasteiger partial charge in [0.2, 0.25) is 0 Å². The Morgan fingerprint density at radius 3 is 1.91 bits per heavy atom. The molecule has 0 amide bonds. The molecule has 0 aromatic heterocycles. The highest BCUT2D eigenvalue weighted by Crippen LogP contribution is 2.56. The second-order valence-electron chi connectivity index (χ2n) is 19.7. The zero-order valence-electron chi connectivity index (χ0n) is 34.9. The fourth-order valence-corrected chi connectivity index (χ4v) is 10.8. The number of hydrogen-bond donors (Lipinski definition) is 0. The average Bonchev–Trinajstić information content (AvgIpc) is 3.42. The van der Waals surface area contributed by atoms with E-state index in [-0.39, 0.29) is 34.9 Å². The Bertz CT molecular complexity index is 2320. The summed E-state index contributed by atoms with van der Waals surface area (Å²) in [6, 6.07) is 24.2. The molecule has 0 saturated carbocycles. The van der Waals surface area contributed by atoms with Crippen molar-refractivity contribution in [3.63, 3.8) is 0 Å². The van der Waals surface area contributed by atoms with E-state index in [9.17, 15) is 0 Å². The van der Waals surface area contributed by atoms with E-state index < -0.39 is 11.2 Å². The van der Waals surface area contributed by atoms with E-state index in [0.29, 0.717) is 5.92 Å². The fraction of sp³-hybridized carbons (Fsp3) is 0.490. The third-order valence-corrected chi connectivity index (χ3v) is 13.5. The van der Waals surface area contributed by atoms with Crippen molar-refractivity contribution < 1.29 is 9.15 Å². The van der Waals surface area contributed by atoms with Gasteiger partial charge in [0, 0.05) is 41.4 Å². The summed E-state index contributed by atoms with van der Waals surface area (Å²) in [5.41, 5.74) is 10.4. The van der Waals surface area contributed by atoms with Crippen molar-refractivity contribution in [2.75, 3.05) is 0 Å². The number of nitrogens with zero attached hydrogens (tertiary/aromatic N) is 4. The Morgan fingerprint density at radius 1 is 0.774 bits per heavy atom. The summed E-state index contributed by atoms with van der Waals surface area (Å²) in [5.74, 6) is 0.590. The molecule has 8 rings (SSSR count). The van der Waals surface area contributed by atoms with Gasteiger partial charge in [-0.3, -0.25) is 0 Å². The summed E-state index contributed by atoms with van der Waals surface area (Å²) >= 11 is 0. The van der Waals surface area contributed by atoms with Crippen molar-refractivity contribution in [2.24, 2.45) is 16.8 Å². The van der Waals surface area contributed by atoms with Crippen LogP contribution in [0.3, 0.4) is 0 Å². The van der Waals surface area contributed by atoms with Crippen LogP contribution in [-0.4, -0.2) is 50.1 Å². The number of allylic oxidation sites excluding steroid dienone is 1. The normalized spacial score (nSPS) is 25.4. The molecule has 4 unspecified atom stereocenters. The topological polar surface area (TPSA) is 21.6 Å². The van der Waals surface area contributed by atoms with E-state index in [2.05, 4.69) is 190 Å². The first-order chi connectivity index (χ1) is 24.8. The van der Waals surface area contributed by atoms with Gasteiger partial charge in [-0.05, 0) is 108 Å². The smallest absolute Gasteiger partial charge is 0.328 e. The Kier molecular flexibility index (Phi) is 7.95. The third kappa shape index (κ3) is 4.89. The lowest BCUT2D eigenvalue weighted by Crippen LogP contribution is -2.72. The molecule has 276 valence electrons. The van der Waals surface area contributed by atoms with Crippen LogP contribution in [0.25, 0.3) is 21.5 Å². The number of benzene rings is 4. The molecule has 0 radical (unpaired) electrons. The summed E-state index contributed by atoms with van der Waals surface area (Å²) in [7, 11) is 0. The van der Waals surface area contributed by atoms with Crippen LogP contribution in [0.15, 0.2) is 77.4 Å². The monoisotopic (exact) mass is 706 g/mol. The molecule has 0 spiro atoms. The minimum atomic E-state index is -0.505. The van der Waals surface area contributed by atoms with E-state index >= 15 is 0 Å². The van der Waals surface area contributed by atoms with Gasteiger partial charge in [-0.25, -0.2) is 0 Å². The van der Waals surface area contributed by atoms with E-state index in [4.69, 9.17) is 4.99 Å². The molecule has 1 aliphatic carbocycles. The minimum Gasteiger partial charge on any atom is -0.355 e. The zero-order valence-corrected chi connectivity index (χ0v) is 34.9. The van der Waals surface area contributed by atoms with Crippen molar-refractivity contribution in [1.82, 2.24) is 4.90 Å². The maximum atomic E-state index is 5.67. The molecule has 4 aliphatic rings. The van der Waals surface area contributed by atoms with Crippen LogP contribution in [0.4, 0.5) is 0 Å². The van der Waals surface area contributed by atoms with Gasteiger partial charge in [0.05, 0.1) is 5.92 Å². The molecule has 4 atom stereocenters. The lowest BCUT2D eigenvalue weighted by atomic mass is 9.66. The lowest BCUT2D eigenvalue weighted by Gasteiger charge is -2.53. The summed E-state index contributed by atoms with van der Waals surface area (Å²) < 4.78 is 5.36. The van der Waals surface area contributed by atoms with Gasteiger partial charge in [-0.2, -0.15) is 9.15 Å². The van der Waals surface area contributed by atoms with Crippen molar-refractivity contribution in [3.8, 4) is 0 Å². The van der Waals surface area contributed by atoms with Gasteiger partial charge >= 0.3 is 5.66 Å². The van der Waals surface area contributed by atoms with Crippen LogP contribution >= 0.6 is 0 Å². The highest BCUT2D eigenvalue weighted by atomic mass is 15.4. The molecule has 4 heteroatoms. The first kappa shape index (κ1) is 36.0. The second kappa shape index (κ2) is 11.7. The lowest BCUT2D eigenvalue weighted by molar-refractivity contribution is -0.810. The molecule has 0 saturated heterocycles. The molecule has 0 bridgehead atoms. The molecule has 4 aromatic rings. The average molecular weight is 707 g/mol. The van der Waals surface area contributed by atoms with Crippen LogP contribution < -0.4 is 0 Å². The number of hydrogen-bond acceptors (Lipinski definition) is 2. The van der Waals surface area contributed by atoms with Crippen molar-refractivity contribution in [1.29, 1.82) is 0 Å². The van der Waals surface area contributed by atoms with E-state index in [1.54, 1.807) is 0 Å². The molecule has 53 heavy (non-hydrogen) atoms. The summed E-state index contributed by atoms with van der Waals surface area (Å²) in [6.45, 7) is 33.5. The van der Waals surface area contributed by atoms with Gasteiger partial charge < -0.3 is 4.90 Å². The Hall–Kier alpha value is -4.05. The third-order valence-electron chi connectivity index (χ3n) is 13.5. The van der Waals surface area contributed by atoms with Gasteiger partial charge in [0.15, 0.2) is 23.8 Å². The summed E-state index contributed by atoms with van der Waals surface area (Å²) in [4.78, 5) is 8.39. The SMILES string of the molecule is CC(C)C1=CN(C(C)C)C2(C)c3c(cc(C(C)(C)C)c4ccccc34)C3=[N+](C=NC4c5cc(C(C)(C)C)c6ccccc6c5CC34)C2(C)[N+](C(C)C)=C1. The van der Waals surface area contributed by atoms with E-state index in [0.717, 1.165) is 6.42 Å². The van der Waals surface area contributed by atoms with Crippen molar-refractivity contribution in [3.05, 3.63) is 106 Å². The molecule has 3 aliphatic heterocycles. The zero-order chi connectivity index (χ0) is 38.2. The van der Waals surface area contributed by atoms with Crippen molar-refractivity contribution in [2.45, 2.75) is 144 Å². The van der Waals surface area contributed by atoms with Crippen LogP contribution in [0, 0.1) is 11.8 Å². The molecule has 0 fully saturated rings. The fourth-order valence-electron chi connectivity index (χ4n) is 10.8. The Labute approximate surface area is 319 Å². The predicted octanol–water partition coefficient (Wildman–Crippen LogP) is 11.0. The molecule has 3 heterocycles. The second-order valence-corrected chi connectivity index (χ2v) is 19.7. The first-order valence-corrected chi connectivity index (χ1v) is 20.3. The van der Waals surface area contributed by atoms with Crippen molar-refractivity contribution >= 4 is 39.8 Å². The largest absolute Gasteiger partial charge is 0.355 e. The van der Waals surface area contributed by atoms with Crippen LogP contribution in [0.1, 0.15) is 136 Å². The van der Waals surface area contributed by atoms with Gasteiger partial charge in [-0.15, -0.1) is 0 Å². The standard InChI is InChI=1S/C49H62N4/c1-29(2)32-26-51(30(3)4)48(13)43-36-22-18-17-21-35(36)42(47(10,11)12)25-39(43)45-40-23-37-33-19-15-16-20-34(33)41(46(7,8)9)24-38(37)44(40)50-28-53(45)49(48,14)52(27-32)31(5)6/h15-22,24-31,40,44H,23H2,1-14H3/q+2. The van der Waals surface area contributed by atoms with Crippen LogP contribution in [0.5, 0.6) is 0 Å². The molecule has 4 nitrogen and oxygen atoms in total. The minimum absolute atomic E-state index is 0.0207. The molecular weight excluding hydrogens is 645 g/mol. The molecule has 0 N–H and O–H groups in total. The number of rotatable bonds is 3. The quantitative estimate of drug-likeness (QED) is 0.194. The van der Waals surface area contributed by atoms with Crippen LogP contribution in [0.2, 0.25) is 0 Å². The Balaban J connectivity index is 1.53. The van der Waals surface area contributed by atoms with E-state index in [1.807, 2.05) is 0 Å². The maximum Gasteiger partial charge on any atom is 0.328 e. The number of fused-ring (bicyclic) bond motifs is 13. The molecular formula is C49H62N4+2. The summed E-state index contributed by atoms with van der Waals surface area (Å²) in [6.07, 6.45) is 8.25. The van der Waals surface area contributed by atoms with E-state index in [1.165, 1.54) is 66.2 Å². The molecule has 4 aromatic carbocycles. The highest BCUT2D eigenvalue weighted by Gasteiger charge is 2.70.